The van der Waals surface area contributed by atoms with Crippen LogP contribution in [-0.2, 0) is 9.59 Å². The third-order valence-corrected chi connectivity index (χ3v) is 3.70. The van der Waals surface area contributed by atoms with Crippen molar-refractivity contribution in [3.63, 3.8) is 0 Å². The molecule has 0 atom stereocenters. The summed E-state index contributed by atoms with van der Waals surface area (Å²) in [4.78, 5) is 35.7. The van der Waals surface area contributed by atoms with Crippen LogP contribution in [0.15, 0.2) is 36.4 Å². The summed E-state index contributed by atoms with van der Waals surface area (Å²) in [5.74, 6) is 0.609. The van der Waals surface area contributed by atoms with E-state index >= 15 is 0 Å². The molecule has 3 heterocycles. The highest BCUT2D eigenvalue weighted by Crippen LogP contribution is 2.20. The van der Waals surface area contributed by atoms with Crippen LogP contribution in [0.1, 0.15) is 30.8 Å². The van der Waals surface area contributed by atoms with E-state index in [4.69, 9.17) is 0 Å². The van der Waals surface area contributed by atoms with Crippen LogP contribution in [0.25, 0.3) is 23.2 Å². The van der Waals surface area contributed by atoms with Gasteiger partial charge in [-0.3, -0.25) is 9.59 Å². The maximum atomic E-state index is 11.2. The Morgan fingerprint density at radius 2 is 1.52 bits per heavy atom. The Kier molecular flexibility index (Phi) is 5.21. The Bertz CT molecular complexity index is 1060. The van der Waals surface area contributed by atoms with Crippen LogP contribution in [-0.4, -0.2) is 26.8 Å². The number of hydrogen-bond acceptors (Lipinski definition) is 5. The van der Waals surface area contributed by atoms with Gasteiger partial charge in [-0.15, -0.1) is 0 Å². The molecule has 0 saturated carbocycles. The van der Waals surface area contributed by atoms with Crippen LogP contribution in [0.3, 0.4) is 0 Å². The van der Waals surface area contributed by atoms with Crippen LogP contribution in [0.5, 0.6) is 0 Å². The highest BCUT2D eigenvalue weighted by Gasteiger charge is 2.05. The van der Waals surface area contributed by atoms with Gasteiger partial charge in [-0.05, 0) is 55.0 Å². The molecular formula is C20H19N5O2. The average molecular weight is 361 g/mol. The number of amides is 2. The summed E-state index contributed by atoms with van der Waals surface area (Å²) >= 11 is 0. The highest BCUT2D eigenvalue weighted by atomic mass is 16.2. The normalized spacial score (nSPS) is 10.9. The number of aromatic nitrogens is 3. The van der Waals surface area contributed by atoms with Crippen LogP contribution in [0.4, 0.5) is 11.6 Å². The molecular weight excluding hydrogens is 342 g/mol. The van der Waals surface area contributed by atoms with Crippen LogP contribution in [0.2, 0.25) is 0 Å². The number of fused-ring (bicyclic) bond motifs is 1. The first-order chi connectivity index (χ1) is 12.9. The van der Waals surface area contributed by atoms with E-state index in [9.17, 15) is 9.59 Å². The molecule has 7 nitrogen and oxygen atoms in total. The van der Waals surface area contributed by atoms with Gasteiger partial charge in [0.05, 0.1) is 11.4 Å². The van der Waals surface area contributed by atoms with E-state index in [1.807, 2.05) is 43.3 Å². The molecule has 0 fully saturated rings. The highest BCUT2D eigenvalue weighted by molar-refractivity contribution is 5.90. The Balaban J connectivity index is 1.91. The van der Waals surface area contributed by atoms with E-state index in [2.05, 4.69) is 25.6 Å². The van der Waals surface area contributed by atoms with Gasteiger partial charge in [-0.2, -0.15) is 0 Å². The largest absolute Gasteiger partial charge is 0.311 e. The number of carbonyl (C=O) groups is 2. The molecule has 0 aliphatic heterocycles. The lowest BCUT2D eigenvalue weighted by atomic mass is 10.1. The first-order valence-electron chi connectivity index (χ1n) is 8.39. The van der Waals surface area contributed by atoms with Gasteiger partial charge in [-0.25, -0.2) is 15.0 Å². The number of rotatable bonds is 4. The quantitative estimate of drug-likeness (QED) is 0.742. The fraction of sp³-hybridized carbons (Fsp3) is 0.150. The van der Waals surface area contributed by atoms with Gasteiger partial charge in [0.25, 0.3) is 0 Å². The van der Waals surface area contributed by atoms with Crippen molar-refractivity contribution in [2.75, 3.05) is 10.6 Å². The zero-order valence-corrected chi connectivity index (χ0v) is 15.3. The summed E-state index contributed by atoms with van der Waals surface area (Å²) in [6, 6.07) is 11.0. The van der Waals surface area contributed by atoms with E-state index in [-0.39, 0.29) is 11.8 Å². The number of anilines is 2. The Morgan fingerprint density at radius 1 is 0.852 bits per heavy atom. The number of aryl methyl sites for hydroxylation is 1. The van der Waals surface area contributed by atoms with Crippen molar-refractivity contribution in [1.29, 1.82) is 0 Å². The topological polar surface area (TPSA) is 96.9 Å². The van der Waals surface area contributed by atoms with Gasteiger partial charge in [-0.1, -0.05) is 6.07 Å². The van der Waals surface area contributed by atoms with Crippen molar-refractivity contribution in [2.45, 2.75) is 20.8 Å². The zero-order valence-electron chi connectivity index (χ0n) is 15.3. The van der Waals surface area contributed by atoms with E-state index in [1.165, 1.54) is 13.8 Å². The minimum atomic E-state index is -0.181. The SMILES string of the molecule is CC(=O)Nc1cccc(/C=C/c2cc(C)c3ccc(NC(C)=O)nc3n2)n1. The van der Waals surface area contributed by atoms with Crippen LogP contribution < -0.4 is 10.6 Å². The smallest absolute Gasteiger partial charge is 0.222 e. The molecule has 2 amide bonds. The molecule has 136 valence electrons. The lowest BCUT2D eigenvalue weighted by Crippen LogP contribution is -2.07. The fourth-order valence-electron chi connectivity index (χ4n) is 2.60. The van der Waals surface area contributed by atoms with Gasteiger partial charge in [0.15, 0.2) is 5.65 Å². The van der Waals surface area contributed by atoms with Gasteiger partial charge < -0.3 is 10.6 Å². The standard InChI is InChI=1S/C20H19N5O2/c1-12-11-16(8-7-15-5-4-6-18(23-15)21-13(2)26)24-20-17(12)9-10-19(25-20)22-14(3)27/h4-11H,1-3H3,(H,21,23,26)(H,22,24,25,27)/b8-7+. The number of hydrogen-bond donors (Lipinski definition) is 2. The summed E-state index contributed by atoms with van der Waals surface area (Å²) in [6.45, 7) is 4.86. The number of nitrogens with one attached hydrogen (secondary N) is 2. The molecule has 3 rings (SSSR count). The summed E-state index contributed by atoms with van der Waals surface area (Å²) < 4.78 is 0. The third kappa shape index (κ3) is 4.72. The zero-order chi connectivity index (χ0) is 19.4. The van der Waals surface area contributed by atoms with Gasteiger partial charge in [0.1, 0.15) is 11.6 Å². The Labute approximate surface area is 156 Å². The average Bonchev–Trinajstić information content (AvgIpc) is 2.59. The molecule has 0 aliphatic carbocycles. The Morgan fingerprint density at radius 3 is 2.22 bits per heavy atom. The predicted octanol–water partition coefficient (Wildman–Crippen LogP) is 3.42. The van der Waals surface area contributed by atoms with Crippen LogP contribution >= 0.6 is 0 Å². The summed E-state index contributed by atoms with van der Waals surface area (Å²) in [7, 11) is 0. The van der Waals surface area contributed by atoms with Crippen molar-refractivity contribution in [2.24, 2.45) is 0 Å². The van der Waals surface area contributed by atoms with Gasteiger partial charge in [0.2, 0.25) is 11.8 Å². The molecule has 0 bridgehead atoms. The van der Waals surface area contributed by atoms with Crippen molar-refractivity contribution in [3.8, 4) is 0 Å². The molecule has 0 radical (unpaired) electrons. The van der Waals surface area contributed by atoms with E-state index in [0.29, 0.717) is 23.0 Å². The second-order valence-electron chi connectivity index (χ2n) is 6.08. The second kappa shape index (κ2) is 7.74. The lowest BCUT2D eigenvalue weighted by Gasteiger charge is -2.06. The molecule has 0 aliphatic rings. The maximum Gasteiger partial charge on any atom is 0.222 e. The van der Waals surface area contributed by atoms with Gasteiger partial charge in [0, 0.05) is 19.2 Å². The first-order valence-corrected chi connectivity index (χ1v) is 8.39. The molecule has 27 heavy (non-hydrogen) atoms. The molecule has 3 aromatic rings. The van der Waals surface area contributed by atoms with Crippen LogP contribution in [0, 0.1) is 6.92 Å². The van der Waals surface area contributed by atoms with Gasteiger partial charge >= 0.3 is 0 Å². The molecule has 0 spiro atoms. The fourth-order valence-corrected chi connectivity index (χ4v) is 2.60. The molecule has 0 unspecified atom stereocenters. The lowest BCUT2D eigenvalue weighted by molar-refractivity contribution is -0.115. The monoisotopic (exact) mass is 361 g/mol. The Hall–Kier alpha value is -3.61. The first kappa shape index (κ1) is 18.2. The summed E-state index contributed by atoms with van der Waals surface area (Å²) in [5.41, 5.74) is 3.00. The number of carbonyl (C=O) groups excluding carboxylic acids is 2. The van der Waals surface area contributed by atoms with Crippen molar-refractivity contribution >= 4 is 46.6 Å². The molecule has 0 saturated heterocycles. The second-order valence-corrected chi connectivity index (χ2v) is 6.08. The minimum absolute atomic E-state index is 0.170. The van der Waals surface area contributed by atoms with E-state index in [1.54, 1.807) is 12.1 Å². The predicted molar refractivity (Wildman–Crippen MR) is 106 cm³/mol. The summed E-state index contributed by atoms with van der Waals surface area (Å²) in [5, 5.41) is 6.24. The number of nitrogens with zero attached hydrogens (tertiary/aromatic N) is 3. The minimum Gasteiger partial charge on any atom is -0.311 e. The number of pyridine rings is 3. The molecule has 3 aromatic heterocycles. The molecule has 2 N–H and O–H groups in total. The molecule has 7 heteroatoms. The summed E-state index contributed by atoms with van der Waals surface area (Å²) in [6.07, 6.45) is 3.65. The van der Waals surface area contributed by atoms with E-state index in [0.717, 1.165) is 16.6 Å². The van der Waals surface area contributed by atoms with Crippen molar-refractivity contribution < 1.29 is 9.59 Å². The third-order valence-electron chi connectivity index (χ3n) is 3.70. The van der Waals surface area contributed by atoms with E-state index < -0.39 is 0 Å². The maximum absolute atomic E-state index is 11.2. The molecule has 0 aromatic carbocycles. The van der Waals surface area contributed by atoms with Crippen molar-refractivity contribution in [3.05, 3.63) is 53.3 Å². The van der Waals surface area contributed by atoms with Crippen molar-refractivity contribution in [1.82, 2.24) is 15.0 Å².